The van der Waals surface area contributed by atoms with Gasteiger partial charge in [-0.2, -0.15) is 0 Å². The van der Waals surface area contributed by atoms with Gasteiger partial charge in [-0.25, -0.2) is 0 Å². The number of amides is 1. The Balaban J connectivity index is 1.90. The Morgan fingerprint density at radius 3 is 2.53 bits per heavy atom. The van der Waals surface area contributed by atoms with E-state index in [0.717, 1.165) is 5.56 Å². The highest BCUT2D eigenvalue weighted by molar-refractivity contribution is 5.94. The first-order valence-electron chi connectivity index (χ1n) is 5.69. The Labute approximate surface area is 101 Å². The Hall–Kier alpha value is -1.39. The maximum absolute atomic E-state index is 11.8. The second-order valence-electron chi connectivity index (χ2n) is 4.84. The predicted molar refractivity (Wildman–Crippen MR) is 63.6 cm³/mol. The van der Waals surface area contributed by atoms with Crippen molar-refractivity contribution in [1.29, 1.82) is 0 Å². The van der Waals surface area contributed by atoms with E-state index in [1.165, 1.54) is 0 Å². The van der Waals surface area contributed by atoms with Crippen LogP contribution in [0.25, 0.3) is 0 Å². The van der Waals surface area contributed by atoms with Crippen molar-refractivity contribution in [3.05, 3.63) is 35.4 Å². The van der Waals surface area contributed by atoms with Crippen molar-refractivity contribution in [3.63, 3.8) is 0 Å². The molecule has 2 N–H and O–H groups in total. The number of rotatable bonds is 4. The molecular formula is C13H17NO3. The number of carbonyl (C=O) groups is 1. The Bertz CT molecular complexity index is 396. The van der Waals surface area contributed by atoms with E-state index in [2.05, 4.69) is 12.2 Å². The van der Waals surface area contributed by atoms with Crippen molar-refractivity contribution in [1.82, 2.24) is 5.32 Å². The fourth-order valence-electron chi connectivity index (χ4n) is 1.71. The molecule has 1 amide bonds. The molecule has 0 spiro atoms. The van der Waals surface area contributed by atoms with Gasteiger partial charge in [0.1, 0.15) is 0 Å². The topological polar surface area (TPSA) is 58.6 Å². The van der Waals surface area contributed by atoms with E-state index in [1.807, 2.05) is 0 Å². The Morgan fingerprint density at radius 2 is 2.06 bits per heavy atom. The molecule has 1 fully saturated rings. The molecule has 2 rings (SSSR count). The predicted octanol–water partition coefficient (Wildman–Crippen LogP) is 0.945. The van der Waals surface area contributed by atoms with Crippen LogP contribution in [0.4, 0.5) is 0 Å². The molecule has 0 saturated carbocycles. The number of hydrogen-bond donors (Lipinski definition) is 2. The monoisotopic (exact) mass is 235 g/mol. The van der Waals surface area contributed by atoms with Crippen molar-refractivity contribution < 1.29 is 14.6 Å². The maximum Gasteiger partial charge on any atom is 0.251 e. The van der Waals surface area contributed by atoms with Gasteiger partial charge in [0.25, 0.3) is 5.91 Å². The second kappa shape index (κ2) is 4.85. The summed E-state index contributed by atoms with van der Waals surface area (Å²) in [6.07, 6.45) is 0. The van der Waals surface area contributed by atoms with E-state index < -0.39 is 0 Å². The minimum absolute atomic E-state index is 0.00267. The molecule has 4 heteroatoms. The van der Waals surface area contributed by atoms with Crippen LogP contribution in [0, 0.1) is 5.41 Å². The first-order chi connectivity index (χ1) is 8.13. The SMILES string of the molecule is CC1(CNC(=O)c2ccc(CO)cc2)COC1. The van der Waals surface area contributed by atoms with Crippen LogP contribution in [-0.2, 0) is 11.3 Å². The molecular weight excluding hydrogens is 218 g/mol. The van der Waals surface area contributed by atoms with Gasteiger partial charge in [-0.1, -0.05) is 19.1 Å². The molecule has 0 radical (unpaired) electrons. The first kappa shape index (κ1) is 12.1. The molecule has 1 aliphatic rings. The fraction of sp³-hybridized carbons (Fsp3) is 0.462. The molecule has 1 aromatic carbocycles. The summed E-state index contributed by atoms with van der Waals surface area (Å²) in [4.78, 5) is 11.8. The molecule has 0 aliphatic carbocycles. The lowest BCUT2D eigenvalue weighted by molar-refractivity contribution is -0.0978. The summed E-state index contributed by atoms with van der Waals surface area (Å²) in [5.41, 5.74) is 1.51. The summed E-state index contributed by atoms with van der Waals surface area (Å²) in [6.45, 7) is 4.13. The molecule has 92 valence electrons. The van der Waals surface area contributed by atoms with E-state index in [0.29, 0.717) is 25.3 Å². The summed E-state index contributed by atoms with van der Waals surface area (Å²) in [5.74, 6) is -0.0809. The van der Waals surface area contributed by atoms with Crippen molar-refractivity contribution in [3.8, 4) is 0 Å². The van der Waals surface area contributed by atoms with Crippen LogP contribution >= 0.6 is 0 Å². The molecule has 1 aliphatic heterocycles. The number of nitrogens with one attached hydrogen (secondary N) is 1. The lowest BCUT2D eigenvalue weighted by Crippen LogP contribution is -2.48. The molecule has 0 aromatic heterocycles. The van der Waals surface area contributed by atoms with Gasteiger partial charge < -0.3 is 15.2 Å². The smallest absolute Gasteiger partial charge is 0.251 e. The van der Waals surface area contributed by atoms with Crippen LogP contribution in [-0.4, -0.2) is 30.8 Å². The summed E-state index contributed by atoms with van der Waals surface area (Å²) in [7, 11) is 0. The zero-order chi connectivity index (χ0) is 12.3. The van der Waals surface area contributed by atoms with Crippen LogP contribution in [0.2, 0.25) is 0 Å². The summed E-state index contributed by atoms with van der Waals surface area (Å²) in [5, 5.41) is 11.8. The summed E-state index contributed by atoms with van der Waals surface area (Å²) >= 11 is 0. The molecule has 1 heterocycles. The van der Waals surface area contributed by atoms with Gasteiger partial charge >= 0.3 is 0 Å². The average Bonchev–Trinajstić information content (AvgIpc) is 2.33. The molecule has 1 saturated heterocycles. The van der Waals surface area contributed by atoms with Gasteiger partial charge in [-0.3, -0.25) is 4.79 Å². The Morgan fingerprint density at radius 1 is 1.41 bits per heavy atom. The van der Waals surface area contributed by atoms with Crippen LogP contribution < -0.4 is 5.32 Å². The molecule has 0 bridgehead atoms. The lowest BCUT2D eigenvalue weighted by atomic mass is 9.88. The van der Waals surface area contributed by atoms with Crippen molar-refractivity contribution in [2.45, 2.75) is 13.5 Å². The molecule has 4 nitrogen and oxygen atoms in total. The number of aliphatic hydroxyl groups excluding tert-OH is 1. The normalized spacial score (nSPS) is 17.3. The minimum Gasteiger partial charge on any atom is -0.392 e. The highest BCUT2D eigenvalue weighted by Crippen LogP contribution is 2.25. The van der Waals surface area contributed by atoms with Gasteiger partial charge in [0.15, 0.2) is 0 Å². The zero-order valence-corrected chi connectivity index (χ0v) is 9.90. The van der Waals surface area contributed by atoms with Gasteiger partial charge in [0.2, 0.25) is 0 Å². The fourth-order valence-corrected chi connectivity index (χ4v) is 1.71. The first-order valence-corrected chi connectivity index (χ1v) is 5.69. The number of benzene rings is 1. The number of aliphatic hydroxyl groups is 1. The minimum atomic E-state index is -0.0809. The highest BCUT2D eigenvalue weighted by atomic mass is 16.5. The Kier molecular flexibility index (Phi) is 3.45. The van der Waals surface area contributed by atoms with Crippen molar-refractivity contribution in [2.75, 3.05) is 19.8 Å². The highest BCUT2D eigenvalue weighted by Gasteiger charge is 2.33. The third-order valence-electron chi connectivity index (χ3n) is 2.98. The van der Waals surface area contributed by atoms with Crippen molar-refractivity contribution >= 4 is 5.91 Å². The molecule has 0 atom stereocenters. The third kappa shape index (κ3) is 2.84. The molecule has 0 unspecified atom stereocenters. The van der Waals surface area contributed by atoms with Gasteiger partial charge in [0.05, 0.1) is 19.8 Å². The van der Waals surface area contributed by atoms with Gasteiger partial charge in [-0.15, -0.1) is 0 Å². The quantitative estimate of drug-likeness (QED) is 0.816. The third-order valence-corrected chi connectivity index (χ3v) is 2.98. The van der Waals surface area contributed by atoms with E-state index in [9.17, 15) is 4.79 Å². The van der Waals surface area contributed by atoms with Crippen molar-refractivity contribution in [2.24, 2.45) is 5.41 Å². The van der Waals surface area contributed by atoms with E-state index in [-0.39, 0.29) is 17.9 Å². The van der Waals surface area contributed by atoms with Gasteiger partial charge in [0, 0.05) is 17.5 Å². The maximum atomic E-state index is 11.8. The summed E-state index contributed by atoms with van der Waals surface area (Å²) < 4.78 is 5.13. The van der Waals surface area contributed by atoms with Crippen LogP contribution in [0.3, 0.4) is 0 Å². The van der Waals surface area contributed by atoms with Crippen LogP contribution in [0.1, 0.15) is 22.8 Å². The summed E-state index contributed by atoms with van der Waals surface area (Å²) in [6, 6.07) is 6.95. The standard InChI is InChI=1S/C13H17NO3/c1-13(8-17-9-13)7-14-12(16)11-4-2-10(6-15)3-5-11/h2-5,15H,6-9H2,1H3,(H,14,16). The van der Waals surface area contributed by atoms with E-state index >= 15 is 0 Å². The van der Waals surface area contributed by atoms with Crippen LogP contribution in [0.5, 0.6) is 0 Å². The van der Waals surface area contributed by atoms with E-state index in [1.54, 1.807) is 24.3 Å². The largest absolute Gasteiger partial charge is 0.392 e. The lowest BCUT2D eigenvalue weighted by Gasteiger charge is -2.38. The number of ether oxygens (including phenoxy) is 1. The van der Waals surface area contributed by atoms with Crippen LogP contribution in [0.15, 0.2) is 24.3 Å². The molecule has 17 heavy (non-hydrogen) atoms. The average molecular weight is 235 g/mol. The van der Waals surface area contributed by atoms with Gasteiger partial charge in [-0.05, 0) is 17.7 Å². The van der Waals surface area contributed by atoms with E-state index in [4.69, 9.17) is 9.84 Å². The molecule has 1 aromatic rings. The second-order valence-corrected chi connectivity index (χ2v) is 4.84. The number of hydrogen-bond acceptors (Lipinski definition) is 3. The zero-order valence-electron chi connectivity index (χ0n) is 9.90. The number of carbonyl (C=O) groups excluding carboxylic acids is 1.